The third kappa shape index (κ3) is 5.74. The van der Waals surface area contributed by atoms with E-state index in [4.69, 9.17) is 9.47 Å². The Balaban J connectivity index is 0.00000182. The lowest BCUT2D eigenvalue weighted by Gasteiger charge is -2.35. The highest BCUT2D eigenvalue weighted by Crippen LogP contribution is 2.43. The number of piperazine rings is 1. The van der Waals surface area contributed by atoms with Crippen molar-refractivity contribution in [2.24, 2.45) is 0 Å². The van der Waals surface area contributed by atoms with Crippen molar-refractivity contribution in [2.75, 3.05) is 33.0 Å². The van der Waals surface area contributed by atoms with Crippen molar-refractivity contribution < 1.29 is 27.6 Å². The first-order valence-electron chi connectivity index (χ1n) is 7.94. The quantitative estimate of drug-likeness (QED) is 0.565. The van der Waals surface area contributed by atoms with Crippen LogP contribution in [-0.2, 0) is 0 Å². The maximum atomic E-state index is 12.8. The summed E-state index contributed by atoms with van der Waals surface area (Å²) >= 11 is 0. The molecule has 1 atom stereocenters. The van der Waals surface area contributed by atoms with Gasteiger partial charge in [0.2, 0.25) is 6.79 Å². The molecule has 0 amide bonds. The average molecular weight is 434 g/mol. The first kappa shape index (κ1) is 23.5. The molecule has 154 valence electrons. The maximum Gasteiger partial charge on any atom is 0.389 e. The maximum absolute atomic E-state index is 12.8. The summed E-state index contributed by atoms with van der Waals surface area (Å²) in [5.41, 5.74) is -0.00430. The van der Waals surface area contributed by atoms with Gasteiger partial charge in [0.1, 0.15) is 0 Å². The van der Waals surface area contributed by atoms with Gasteiger partial charge in [-0.2, -0.15) is 13.2 Å². The summed E-state index contributed by atoms with van der Waals surface area (Å²) in [6.07, 6.45) is -5.57. The molecule has 7 nitrogen and oxygen atoms in total. The standard InChI is InChI=1S/C15H18F3N3O4.2ClH/c16-15(17,18)2-1-11(20-5-3-19-4-6-20)10-7-13-14(25-9-24-13)8-12(10)21(22)23;;/h7-8,11,19H,1-6,9H2;2*1H/t11-;;/m0../s1. The summed E-state index contributed by atoms with van der Waals surface area (Å²) in [7, 11) is 0. The molecule has 27 heavy (non-hydrogen) atoms. The molecule has 2 aliphatic heterocycles. The van der Waals surface area contributed by atoms with Crippen LogP contribution >= 0.6 is 24.8 Å². The molecule has 1 aromatic rings. The Kier molecular flexibility index (Phi) is 8.40. The van der Waals surface area contributed by atoms with Gasteiger partial charge in [-0.3, -0.25) is 15.0 Å². The van der Waals surface area contributed by atoms with Crippen molar-refractivity contribution in [2.45, 2.75) is 25.1 Å². The Morgan fingerprint density at radius 3 is 2.33 bits per heavy atom. The average Bonchev–Trinajstić information content (AvgIpc) is 3.01. The monoisotopic (exact) mass is 433 g/mol. The third-order valence-corrected chi connectivity index (χ3v) is 4.37. The molecule has 0 aromatic heterocycles. The minimum atomic E-state index is -4.32. The number of hydrogen-bond acceptors (Lipinski definition) is 6. The van der Waals surface area contributed by atoms with Crippen molar-refractivity contribution in [3.05, 3.63) is 27.8 Å². The number of nitro groups is 1. The number of nitrogens with one attached hydrogen (secondary N) is 1. The lowest BCUT2D eigenvalue weighted by Crippen LogP contribution is -2.45. The van der Waals surface area contributed by atoms with Gasteiger partial charge >= 0.3 is 6.18 Å². The van der Waals surface area contributed by atoms with Crippen LogP contribution in [0, 0.1) is 10.1 Å². The molecule has 2 aliphatic rings. The van der Waals surface area contributed by atoms with Crippen LogP contribution in [0.3, 0.4) is 0 Å². The van der Waals surface area contributed by atoms with Crippen molar-refractivity contribution in [3.8, 4) is 11.5 Å². The fraction of sp³-hybridized carbons (Fsp3) is 0.600. The van der Waals surface area contributed by atoms with Crippen LogP contribution in [0.15, 0.2) is 12.1 Å². The minimum absolute atomic E-state index is 0. The van der Waals surface area contributed by atoms with Crippen LogP contribution in [0.4, 0.5) is 18.9 Å². The first-order valence-corrected chi connectivity index (χ1v) is 7.94. The number of nitrogens with zero attached hydrogens (tertiary/aromatic N) is 2. The zero-order chi connectivity index (χ0) is 18.0. The van der Waals surface area contributed by atoms with Crippen LogP contribution in [0.1, 0.15) is 24.4 Å². The summed E-state index contributed by atoms with van der Waals surface area (Å²) in [5.74, 6) is 0.568. The molecule has 0 spiro atoms. The van der Waals surface area contributed by atoms with E-state index in [1.54, 1.807) is 0 Å². The van der Waals surface area contributed by atoms with E-state index in [1.165, 1.54) is 12.1 Å². The molecule has 1 saturated heterocycles. The molecule has 2 heterocycles. The van der Waals surface area contributed by atoms with Gasteiger partial charge in [-0.25, -0.2) is 0 Å². The molecule has 12 heteroatoms. The molecule has 1 N–H and O–H groups in total. The SMILES string of the molecule is Cl.Cl.O=[N+]([O-])c1cc2c(cc1[C@H](CCC(F)(F)F)N1CCNCC1)OCO2. The summed E-state index contributed by atoms with van der Waals surface area (Å²) in [4.78, 5) is 12.7. The van der Waals surface area contributed by atoms with E-state index in [2.05, 4.69) is 5.32 Å². The predicted molar refractivity (Wildman–Crippen MR) is 96.2 cm³/mol. The molecule has 0 saturated carbocycles. The lowest BCUT2D eigenvalue weighted by atomic mass is 9.97. The topological polar surface area (TPSA) is 76.9 Å². The van der Waals surface area contributed by atoms with E-state index in [1.807, 2.05) is 4.90 Å². The normalized spacial score (nSPS) is 17.6. The molecule has 1 fully saturated rings. The van der Waals surface area contributed by atoms with Gasteiger partial charge in [-0.15, -0.1) is 24.8 Å². The van der Waals surface area contributed by atoms with E-state index in [0.717, 1.165) is 0 Å². The zero-order valence-electron chi connectivity index (χ0n) is 14.2. The Bertz CT molecular complexity index is 658. The molecular formula is C15H20Cl2F3N3O4. The second-order valence-corrected chi connectivity index (χ2v) is 5.98. The van der Waals surface area contributed by atoms with Gasteiger partial charge in [0.15, 0.2) is 11.5 Å². The number of rotatable bonds is 5. The van der Waals surface area contributed by atoms with Crippen molar-refractivity contribution in [1.82, 2.24) is 10.2 Å². The van der Waals surface area contributed by atoms with E-state index >= 15 is 0 Å². The number of benzene rings is 1. The smallest absolute Gasteiger partial charge is 0.389 e. The highest BCUT2D eigenvalue weighted by atomic mass is 35.5. The first-order chi connectivity index (χ1) is 11.8. The number of nitro benzene ring substituents is 1. The number of fused-ring (bicyclic) bond motifs is 1. The number of alkyl halides is 3. The third-order valence-electron chi connectivity index (χ3n) is 4.37. The van der Waals surface area contributed by atoms with Crippen molar-refractivity contribution in [3.63, 3.8) is 0 Å². The Morgan fingerprint density at radius 1 is 1.19 bits per heavy atom. The van der Waals surface area contributed by atoms with Crippen molar-refractivity contribution >= 4 is 30.5 Å². The van der Waals surface area contributed by atoms with Gasteiger partial charge in [-0.05, 0) is 12.5 Å². The number of halogens is 5. The van der Waals surface area contributed by atoms with Gasteiger partial charge in [-0.1, -0.05) is 0 Å². The summed E-state index contributed by atoms with van der Waals surface area (Å²) in [6, 6.07) is 1.97. The van der Waals surface area contributed by atoms with Crippen molar-refractivity contribution in [1.29, 1.82) is 0 Å². The predicted octanol–water partition coefficient (Wildman–Crippen LogP) is 3.46. The lowest BCUT2D eigenvalue weighted by molar-refractivity contribution is -0.386. The largest absolute Gasteiger partial charge is 0.454 e. The fourth-order valence-corrected chi connectivity index (χ4v) is 3.20. The van der Waals surface area contributed by atoms with Crippen LogP contribution in [-0.4, -0.2) is 49.0 Å². The molecule has 0 radical (unpaired) electrons. The van der Waals surface area contributed by atoms with Crippen LogP contribution < -0.4 is 14.8 Å². The summed E-state index contributed by atoms with van der Waals surface area (Å²) in [5, 5.41) is 14.6. The highest BCUT2D eigenvalue weighted by molar-refractivity contribution is 5.85. The van der Waals surface area contributed by atoms with Crippen LogP contribution in [0.25, 0.3) is 0 Å². The Hall–Kier alpha value is -1.49. The minimum Gasteiger partial charge on any atom is -0.454 e. The van der Waals surface area contributed by atoms with Crippen LogP contribution in [0.5, 0.6) is 11.5 Å². The van der Waals surface area contributed by atoms with E-state index in [-0.39, 0.29) is 55.0 Å². The second kappa shape index (κ2) is 9.63. The molecule has 0 aliphatic carbocycles. The van der Waals surface area contributed by atoms with Gasteiger partial charge in [0.05, 0.1) is 16.6 Å². The number of hydrogen-bond donors (Lipinski definition) is 1. The molecule has 0 unspecified atom stereocenters. The second-order valence-electron chi connectivity index (χ2n) is 5.98. The number of ether oxygens (including phenoxy) is 2. The van der Waals surface area contributed by atoms with Gasteiger partial charge in [0, 0.05) is 38.6 Å². The van der Waals surface area contributed by atoms with Crippen LogP contribution in [0.2, 0.25) is 0 Å². The Labute approximate surface area is 166 Å². The molecule has 0 bridgehead atoms. The van der Waals surface area contributed by atoms with E-state index in [9.17, 15) is 23.3 Å². The van der Waals surface area contributed by atoms with Gasteiger partial charge in [0.25, 0.3) is 5.69 Å². The van der Waals surface area contributed by atoms with E-state index in [0.29, 0.717) is 31.9 Å². The zero-order valence-corrected chi connectivity index (χ0v) is 15.8. The Morgan fingerprint density at radius 2 is 1.78 bits per heavy atom. The molecule has 3 rings (SSSR count). The highest BCUT2D eigenvalue weighted by Gasteiger charge is 2.35. The molecule has 1 aromatic carbocycles. The summed E-state index contributed by atoms with van der Waals surface area (Å²) in [6.45, 7) is 2.24. The van der Waals surface area contributed by atoms with Gasteiger partial charge < -0.3 is 14.8 Å². The summed E-state index contributed by atoms with van der Waals surface area (Å²) < 4.78 is 48.7. The van der Waals surface area contributed by atoms with E-state index < -0.39 is 23.6 Å². The fourth-order valence-electron chi connectivity index (χ4n) is 3.20. The molecular weight excluding hydrogens is 414 g/mol.